The summed E-state index contributed by atoms with van der Waals surface area (Å²) < 4.78 is 5.15. The second-order valence-electron chi connectivity index (χ2n) is 5.67. The van der Waals surface area contributed by atoms with E-state index in [1.807, 2.05) is 60.6 Å². The number of benzene rings is 1. The van der Waals surface area contributed by atoms with Crippen LogP contribution in [0.4, 0.5) is 4.79 Å². The Balaban J connectivity index is 1.78. The molecule has 1 unspecified atom stereocenters. The fourth-order valence-electron chi connectivity index (χ4n) is 2.29. The molecule has 1 aromatic heterocycles. The summed E-state index contributed by atoms with van der Waals surface area (Å²) >= 11 is 1.55. The number of urea groups is 1. The lowest BCUT2D eigenvalue weighted by molar-refractivity contribution is -0.121. The highest BCUT2D eigenvalue weighted by molar-refractivity contribution is 7.09. The van der Waals surface area contributed by atoms with Crippen LogP contribution in [0.2, 0.25) is 0 Å². The van der Waals surface area contributed by atoms with Gasteiger partial charge < -0.3 is 10.1 Å². The maximum atomic E-state index is 12.0. The Morgan fingerprint density at radius 1 is 1.24 bits per heavy atom. The lowest BCUT2D eigenvalue weighted by Gasteiger charge is -2.24. The van der Waals surface area contributed by atoms with Crippen molar-refractivity contribution < 1.29 is 14.3 Å². The van der Waals surface area contributed by atoms with Crippen LogP contribution in [-0.2, 0) is 11.3 Å². The van der Waals surface area contributed by atoms with Gasteiger partial charge in [-0.15, -0.1) is 11.3 Å². The van der Waals surface area contributed by atoms with Crippen molar-refractivity contribution in [1.29, 1.82) is 0 Å². The van der Waals surface area contributed by atoms with E-state index in [0.717, 1.165) is 16.2 Å². The normalized spacial score (nSPS) is 11.8. The van der Waals surface area contributed by atoms with E-state index in [9.17, 15) is 9.59 Å². The molecule has 25 heavy (non-hydrogen) atoms. The second-order valence-corrected chi connectivity index (χ2v) is 6.71. The van der Waals surface area contributed by atoms with Crippen LogP contribution >= 0.6 is 11.3 Å². The molecule has 2 rings (SSSR count). The summed E-state index contributed by atoms with van der Waals surface area (Å²) in [6, 6.07) is 11.1. The van der Waals surface area contributed by atoms with Crippen LogP contribution in [0.25, 0.3) is 0 Å². The third-order valence-corrected chi connectivity index (χ3v) is 4.78. The number of carbonyl (C=O) groups is 2. The number of imide groups is 1. The summed E-state index contributed by atoms with van der Waals surface area (Å²) in [5.41, 5.74) is 1.07. The maximum absolute atomic E-state index is 12.0. The molecule has 0 aliphatic rings. The quantitative estimate of drug-likeness (QED) is 0.796. The molecular formula is C18H23N3O3S. The summed E-state index contributed by atoms with van der Waals surface area (Å²) in [6.45, 7) is 2.54. The highest BCUT2D eigenvalue weighted by Crippen LogP contribution is 2.21. The highest BCUT2D eigenvalue weighted by Gasteiger charge is 2.16. The van der Waals surface area contributed by atoms with Crippen molar-refractivity contribution in [2.75, 3.05) is 20.7 Å². The molecule has 7 heteroatoms. The molecule has 0 radical (unpaired) electrons. The molecule has 0 aliphatic heterocycles. The van der Waals surface area contributed by atoms with Crippen LogP contribution in [0.3, 0.4) is 0 Å². The zero-order valence-corrected chi connectivity index (χ0v) is 15.4. The summed E-state index contributed by atoms with van der Waals surface area (Å²) in [5, 5.41) is 6.96. The predicted molar refractivity (Wildman–Crippen MR) is 98.7 cm³/mol. The van der Waals surface area contributed by atoms with Crippen molar-refractivity contribution in [2.45, 2.75) is 19.5 Å². The van der Waals surface area contributed by atoms with Gasteiger partial charge in [-0.1, -0.05) is 18.2 Å². The number of nitrogens with zero attached hydrogens (tertiary/aromatic N) is 1. The molecule has 0 aliphatic carbocycles. The summed E-state index contributed by atoms with van der Waals surface area (Å²) in [7, 11) is 3.47. The lowest BCUT2D eigenvalue weighted by Crippen LogP contribution is -2.43. The van der Waals surface area contributed by atoms with Gasteiger partial charge in [-0.2, -0.15) is 0 Å². The Kier molecular flexibility index (Phi) is 6.97. The van der Waals surface area contributed by atoms with Crippen LogP contribution in [0.5, 0.6) is 5.75 Å². The molecule has 0 saturated carbocycles. The molecule has 1 heterocycles. The summed E-state index contributed by atoms with van der Waals surface area (Å²) in [6.07, 6.45) is 0. The Bertz CT molecular complexity index is 686. The molecule has 1 atom stereocenters. The van der Waals surface area contributed by atoms with E-state index in [1.54, 1.807) is 18.4 Å². The number of hydrogen-bond donors (Lipinski definition) is 2. The van der Waals surface area contributed by atoms with E-state index in [1.165, 1.54) is 0 Å². The minimum atomic E-state index is -0.482. The van der Waals surface area contributed by atoms with Crippen LogP contribution in [0.1, 0.15) is 23.4 Å². The van der Waals surface area contributed by atoms with Crippen LogP contribution in [0, 0.1) is 0 Å². The molecular weight excluding hydrogens is 338 g/mol. The largest absolute Gasteiger partial charge is 0.497 e. The van der Waals surface area contributed by atoms with Gasteiger partial charge in [0.2, 0.25) is 5.91 Å². The fourth-order valence-corrected chi connectivity index (χ4v) is 2.94. The maximum Gasteiger partial charge on any atom is 0.321 e. The van der Waals surface area contributed by atoms with E-state index in [-0.39, 0.29) is 18.5 Å². The van der Waals surface area contributed by atoms with Gasteiger partial charge in [0.05, 0.1) is 20.2 Å². The van der Waals surface area contributed by atoms with Crippen LogP contribution in [0.15, 0.2) is 41.8 Å². The molecule has 134 valence electrons. The molecule has 2 aromatic rings. The monoisotopic (exact) mass is 361 g/mol. The summed E-state index contributed by atoms with van der Waals surface area (Å²) in [5.74, 6) is 0.449. The smallest absolute Gasteiger partial charge is 0.321 e. The molecule has 3 amide bonds. The van der Waals surface area contributed by atoms with Crippen molar-refractivity contribution in [3.8, 4) is 5.75 Å². The Morgan fingerprint density at radius 3 is 2.56 bits per heavy atom. The number of rotatable bonds is 7. The zero-order chi connectivity index (χ0) is 18.2. The number of thiophene rings is 1. The van der Waals surface area contributed by atoms with E-state index in [0.29, 0.717) is 6.54 Å². The van der Waals surface area contributed by atoms with Crippen molar-refractivity contribution >= 4 is 23.3 Å². The number of nitrogens with one attached hydrogen (secondary N) is 2. The van der Waals surface area contributed by atoms with Crippen LogP contribution < -0.4 is 15.4 Å². The van der Waals surface area contributed by atoms with E-state index in [4.69, 9.17) is 4.74 Å². The number of hydrogen-bond acceptors (Lipinski definition) is 5. The molecule has 0 spiro atoms. The highest BCUT2D eigenvalue weighted by atomic mass is 32.1. The summed E-state index contributed by atoms with van der Waals surface area (Å²) in [4.78, 5) is 26.7. The van der Waals surface area contributed by atoms with Crippen LogP contribution in [-0.4, -0.2) is 37.5 Å². The first-order valence-corrected chi connectivity index (χ1v) is 8.82. The van der Waals surface area contributed by atoms with E-state index >= 15 is 0 Å². The molecule has 1 aromatic carbocycles. The molecule has 0 bridgehead atoms. The van der Waals surface area contributed by atoms with Gasteiger partial charge in [-0.3, -0.25) is 15.0 Å². The van der Waals surface area contributed by atoms with Gasteiger partial charge in [0.25, 0.3) is 0 Å². The predicted octanol–water partition coefficient (Wildman–Crippen LogP) is 2.78. The minimum absolute atomic E-state index is 0.0332. The third-order valence-electron chi connectivity index (χ3n) is 3.91. The van der Waals surface area contributed by atoms with Crippen molar-refractivity contribution in [2.24, 2.45) is 0 Å². The lowest BCUT2D eigenvalue weighted by atomic mass is 10.1. The Labute approximate surface area is 151 Å². The fraction of sp³-hybridized carbons (Fsp3) is 0.333. The topological polar surface area (TPSA) is 70.7 Å². The SMILES string of the molecule is COc1ccc(C(C)N(C)CC(=O)NC(=O)NCc2cccs2)cc1. The Morgan fingerprint density at radius 2 is 1.96 bits per heavy atom. The number of methoxy groups -OCH3 is 1. The number of carbonyl (C=O) groups excluding carboxylic acids is 2. The number of likely N-dealkylation sites (N-methyl/N-ethyl adjacent to an activating group) is 1. The van der Waals surface area contributed by atoms with Crippen molar-refractivity contribution in [3.63, 3.8) is 0 Å². The molecule has 2 N–H and O–H groups in total. The second kappa shape index (κ2) is 9.19. The number of ether oxygens (including phenoxy) is 1. The average molecular weight is 361 g/mol. The van der Waals surface area contributed by atoms with Gasteiger partial charge in [-0.05, 0) is 43.1 Å². The first-order chi connectivity index (χ1) is 12.0. The Hall–Kier alpha value is -2.38. The molecule has 0 fully saturated rings. The zero-order valence-electron chi connectivity index (χ0n) is 14.6. The minimum Gasteiger partial charge on any atom is -0.497 e. The van der Waals surface area contributed by atoms with Gasteiger partial charge >= 0.3 is 6.03 Å². The van der Waals surface area contributed by atoms with E-state index in [2.05, 4.69) is 10.6 Å². The van der Waals surface area contributed by atoms with Gasteiger partial charge in [0, 0.05) is 10.9 Å². The first-order valence-electron chi connectivity index (χ1n) is 7.94. The van der Waals surface area contributed by atoms with E-state index < -0.39 is 6.03 Å². The van der Waals surface area contributed by atoms with Gasteiger partial charge in [0.1, 0.15) is 5.75 Å². The average Bonchev–Trinajstić information content (AvgIpc) is 3.12. The van der Waals surface area contributed by atoms with Gasteiger partial charge in [-0.25, -0.2) is 4.79 Å². The standard InChI is InChI=1S/C18H23N3O3S/c1-13(14-6-8-15(24-3)9-7-14)21(2)12-17(22)20-18(23)19-11-16-5-4-10-25-16/h4-10,13H,11-12H2,1-3H3,(H2,19,20,22,23). The van der Waals surface area contributed by atoms with Crippen molar-refractivity contribution in [1.82, 2.24) is 15.5 Å². The number of amides is 3. The third kappa shape index (κ3) is 5.88. The van der Waals surface area contributed by atoms with Crippen molar-refractivity contribution in [3.05, 3.63) is 52.2 Å². The molecule has 0 saturated heterocycles. The van der Waals surface area contributed by atoms with Gasteiger partial charge in [0.15, 0.2) is 0 Å². The first kappa shape index (κ1) is 19.0. The molecule has 6 nitrogen and oxygen atoms in total.